The van der Waals surface area contributed by atoms with Crippen molar-refractivity contribution >= 4 is 0 Å². The molecule has 0 bridgehead atoms. The van der Waals surface area contributed by atoms with Crippen LogP contribution in [-0.4, -0.2) is 30.7 Å². The quantitative estimate of drug-likeness (QED) is 0.430. The second kappa shape index (κ2) is 6.20. The zero-order valence-corrected chi connectivity index (χ0v) is 9.62. The lowest BCUT2D eigenvalue weighted by atomic mass is 10.1. The van der Waals surface area contributed by atoms with Gasteiger partial charge in [0.15, 0.2) is 0 Å². The Morgan fingerprint density at radius 2 is 2.24 bits per heavy atom. The van der Waals surface area contributed by atoms with Crippen LogP contribution in [0.5, 0.6) is 0 Å². The van der Waals surface area contributed by atoms with Gasteiger partial charge < -0.3 is 14.8 Å². The molecule has 0 aliphatic carbocycles. The van der Waals surface area contributed by atoms with Crippen molar-refractivity contribution in [1.82, 2.24) is 0 Å². The monoisotopic (exact) mass is 236 g/mol. The highest BCUT2D eigenvalue weighted by atomic mass is 16.7. The summed E-state index contributed by atoms with van der Waals surface area (Å²) in [4.78, 5) is 5.38. The van der Waals surface area contributed by atoms with Crippen molar-refractivity contribution in [3.63, 3.8) is 0 Å². The van der Waals surface area contributed by atoms with E-state index in [0.29, 0.717) is 18.1 Å². The first kappa shape index (κ1) is 11.9. The van der Waals surface area contributed by atoms with Gasteiger partial charge in [0.05, 0.1) is 6.61 Å². The lowest BCUT2D eigenvalue weighted by Crippen LogP contribution is -2.21. The summed E-state index contributed by atoms with van der Waals surface area (Å²) in [5.74, 6) is 0. The maximum atomic E-state index is 10.7. The van der Waals surface area contributed by atoms with Crippen LogP contribution in [-0.2, 0) is 16.0 Å². The molecule has 1 heterocycles. The molecule has 0 radical (unpaired) electrons. The van der Waals surface area contributed by atoms with Gasteiger partial charge >= 0.3 is 0 Å². The molecule has 5 heteroatoms. The van der Waals surface area contributed by atoms with E-state index in [1.807, 2.05) is 18.2 Å². The molecule has 0 aromatic heterocycles. The molecule has 0 spiro atoms. The minimum atomic E-state index is -0.218. The topological polar surface area (TPSA) is 56.9 Å². The fourth-order valence-corrected chi connectivity index (χ4v) is 1.68. The lowest BCUT2D eigenvalue weighted by Gasteiger charge is -2.06. The summed E-state index contributed by atoms with van der Waals surface area (Å²) < 4.78 is 5.44. The van der Waals surface area contributed by atoms with Gasteiger partial charge in [0.2, 0.25) is 17.9 Å². The van der Waals surface area contributed by atoms with Gasteiger partial charge in [-0.15, -0.1) is 0 Å². The molecule has 2 rings (SSSR count). The molecule has 5 nitrogen and oxygen atoms in total. The number of hydroxylamine groups is 1. The number of hydrogen-bond acceptors (Lipinski definition) is 4. The van der Waals surface area contributed by atoms with Crippen LogP contribution in [0.3, 0.4) is 0 Å². The zero-order valence-electron chi connectivity index (χ0n) is 9.62. The number of benzene rings is 1. The second-order valence-electron chi connectivity index (χ2n) is 4.01. The van der Waals surface area contributed by atoms with Crippen LogP contribution in [0.25, 0.3) is 0 Å². The van der Waals surface area contributed by atoms with Crippen LogP contribution in [0.4, 0.5) is 0 Å². The van der Waals surface area contributed by atoms with Crippen molar-refractivity contribution in [2.24, 2.45) is 5.28 Å². The van der Waals surface area contributed by atoms with E-state index in [1.165, 1.54) is 5.56 Å². The van der Waals surface area contributed by atoms with Crippen molar-refractivity contribution in [1.29, 1.82) is 0 Å². The number of ether oxygens (including phenoxy) is 1. The largest absolute Gasteiger partial charge is 0.597 e. The Bertz CT molecular complexity index is 367. The van der Waals surface area contributed by atoms with E-state index in [-0.39, 0.29) is 12.6 Å². The predicted molar refractivity (Wildman–Crippen MR) is 61.4 cm³/mol. The molecule has 1 aromatic carbocycles. The molecular formula is C12H16N2O3. The Kier molecular flexibility index (Phi) is 4.32. The summed E-state index contributed by atoms with van der Waals surface area (Å²) in [6, 6.07) is 10.3. The van der Waals surface area contributed by atoms with Gasteiger partial charge in [0, 0.05) is 6.61 Å². The fourth-order valence-electron chi connectivity index (χ4n) is 1.68. The summed E-state index contributed by atoms with van der Waals surface area (Å²) in [7, 11) is 0. The van der Waals surface area contributed by atoms with Crippen molar-refractivity contribution in [2.75, 3.05) is 19.8 Å². The molecule has 1 aromatic rings. The molecule has 17 heavy (non-hydrogen) atoms. The molecule has 0 saturated heterocycles. The van der Waals surface area contributed by atoms with Gasteiger partial charge in [-0.05, 0) is 18.4 Å². The summed E-state index contributed by atoms with van der Waals surface area (Å²) in [6.45, 7) is 1.36. The highest BCUT2D eigenvalue weighted by molar-refractivity contribution is 5.14. The third kappa shape index (κ3) is 4.03. The predicted octanol–water partition coefficient (Wildman–Crippen LogP) is 1.91. The summed E-state index contributed by atoms with van der Waals surface area (Å²) in [5.41, 5.74) is 1.31. The number of nitrogens with zero attached hydrogens (tertiary/aromatic N) is 2. The first-order valence-corrected chi connectivity index (χ1v) is 5.78. The number of hydrogen-bond donors (Lipinski definition) is 0. The van der Waals surface area contributed by atoms with Crippen LogP contribution in [0.1, 0.15) is 12.0 Å². The van der Waals surface area contributed by atoms with Crippen molar-refractivity contribution in [3.8, 4) is 0 Å². The van der Waals surface area contributed by atoms with Crippen LogP contribution >= 0.6 is 0 Å². The lowest BCUT2D eigenvalue weighted by molar-refractivity contribution is -0.523. The van der Waals surface area contributed by atoms with E-state index in [1.54, 1.807) is 0 Å². The van der Waals surface area contributed by atoms with Gasteiger partial charge in [-0.2, -0.15) is 0 Å². The summed E-state index contributed by atoms with van der Waals surface area (Å²) in [6.07, 6.45) is 1.75. The van der Waals surface area contributed by atoms with Gasteiger partial charge in [0.25, 0.3) is 0 Å². The maximum Gasteiger partial charge on any atom is 0.225 e. The Balaban J connectivity index is 1.53. The number of rotatable bonds is 6. The SMILES string of the molecule is [O-][N+]1=NOC(COCCCc2ccccc2)C1. The van der Waals surface area contributed by atoms with Crippen molar-refractivity contribution in [2.45, 2.75) is 18.9 Å². The zero-order chi connectivity index (χ0) is 11.9. The maximum absolute atomic E-state index is 10.7. The Labute approximate surface area is 100 Å². The molecule has 0 N–H and O–H groups in total. The smallest absolute Gasteiger partial charge is 0.225 e. The van der Waals surface area contributed by atoms with Gasteiger partial charge in [-0.3, -0.25) is 0 Å². The van der Waals surface area contributed by atoms with Gasteiger partial charge in [0.1, 0.15) is 0 Å². The normalized spacial score (nSPS) is 18.8. The number of aryl methyl sites for hydroxylation is 1. The Hall–Kier alpha value is -1.62. The van der Waals surface area contributed by atoms with E-state index >= 15 is 0 Å². The molecule has 92 valence electrons. The highest BCUT2D eigenvalue weighted by Gasteiger charge is 2.23. The van der Waals surface area contributed by atoms with E-state index < -0.39 is 0 Å². The second-order valence-corrected chi connectivity index (χ2v) is 4.01. The highest BCUT2D eigenvalue weighted by Crippen LogP contribution is 2.05. The van der Waals surface area contributed by atoms with E-state index in [9.17, 15) is 5.21 Å². The Morgan fingerprint density at radius 3 is 2.94 bits per heavy atom. The molecular weight excluding hydrogens is 220 g/mol. The summed E-state index contributed by atoms with van der Waals surface area (Å²) >= 11 is 0. The van der Waals surface area contributed by atoms with E-state index in [0.717, 1.165) is 12.8 Å². The average Bonchev–Trinajstić information content (AvgIpc) is 2.76. The Morgan fingerprint density at radius 1 is 1.41 bits per heavy atom. The van der Waals surface area contributed by atoms with Crippen LogP contribution in [0.2, 0.25) is 0 Å². The fraction of sp³-hybridized carbons (Fsp3) is 0.500. The summed E-state index contributed by atoms with van der Waals surface area (Å²) in [5, 5.41) is 14.0. The van der Waals surface area contributed by atoms with E-state index in [4.69, 9.17) is 9.57 Å². The molecule has 0 saturated carbocycles. The molecule has 1 unspecified atom stereocenters. The first-order chi connectivity index (χ1) is 8.34. The average molecular weight is 236 g/mol. The molecule has 1 atom stereocenters. The third-order valence-electron chi connectivity index (χ3n) is 2.55. The molecule has 0 fully saturated rings. The molecule has 1 aliphatic heterocycles. The van der Waals surface area contributed by atoms with Crippen LogP contribution in [0, 0.1) is 5.21 Å². The molecule has 1 aliphatic rings. The van der Waals surface area contributed by atoms with Crippen molar-refractivity contribution < 1.29 is 14.4 Å². The minimum absolute atomic E-state index is 0.218. The first-order valence-electron chi connectivity index (χ1n) is 5.78. The van der Waals surface area contributed by atoms with Crippen molar-refractivity contribution in [3.05, 3.63) is 41.1 Å². The standard InChI is InChI=1S/C12H16N2O3/c15-14-9-12(17-13-14)10-16-8-4-7-11-5-2-1-3-6-11/h1-3,5-6,12H,4,7-10H2. The third-order valence-corrected chi connectivity index (χ3v) is 2.55. The molecule has 0 amide bonds. The van der Waals surface area contributed by atoms with Gasteiger partial charge in [-0.1, -0.05) is 35.2 Å². The minimum Gasteiger partial charge on any atom is -0.597 e. The van der Waals surface area contributed by atoms with Crippen LogP contribution < -0.4 is 0 Å². The van der Waals surface area contributed by atoms with E-state index in [2.05, 4.69) is 17.4 Å². The van der Waals surface area contributed by atoms with Crippen LogP contribution in [0.15, 0.2) is 35.6 Å². The van der Waals surface area contributed by atoms with Gasteiger partial charge in [-0.25, -0.2) is 0 Å².